The summed E-state index contributed by atoms with van der Waals surface area (Å²) in [6.45, 7) is 6.59. The number of carbonyl (C=O) groups excluding carboxylic acids is 2. The molecule has 2 rings (SSSR count). The molecule has 0 bridgehead atoms. The highest BCUT2D eigenvalue weighted by Gasteiger charge is 2.40. The van der Waals surface area contributed by atoms with E-state index in [0.717, 1.165) is 17.3 Å². The van der Waals surface area contributed by atoms with Crippen molar-refractivity contribution in [3.8, 4) is 0 Å². The van der Waals surface area contributed by atoms with Gasteiger partial charge in [0.2, 0.25) is 11.8 Å². The van der Waals surface area contributed by atoms with Crippen molar-refractivity contribution < 1.29 is 9.59 Å². The largest absolute Gasteiger partial charge is 0.356 e. The number of rotatable bonds is 6. The van der Waals surface area contributed by atoms with Gasteiger partial charge in [-0.3, -0.25) is 19.5 Å². The van der Waals surface area contributed by atoms with Gasteiger partial charge in [0.05, 0.1) is 5.54 Å². The van der Waals surface area contributed by atoms with Gasteiger partial charge in [0.1, 0.15) is 0 Å². The van der Waals surface area contributed by atoms with E-state index >= 15 is 0 Å². The summed E-state index contributed by atoms with van der Waals surface area (Å²) in [5.74, 6) is 0.732. The van der Waals surface area contributed by atoms with Crippen LogP contribution in [0.2, 0.25) is 0 Å². The van der Waals surface area contributed by atoms with E-state index in [0.29, 0.717) is 19.5 Å². The minimum atomic E-state index is -0.246. The highest BCUT2D eigenvalue weighted by molar-refractivity contribution is 8.14. The van der Waals surface area contributed by atoms with Crippen molar-refractivity contribution in [3.63, 3.8) is 0 Å². The van der Waals surface area contributed by atoms with Crippen molar-refractivity contribution in [2.75, 3.05) is 18.8 Å². The Morgan fingerprint density at radius 1 is 1.29 bits per heavy atom. The van der Waals surface area contributed by atoms with Crippen LogP contribution in [0.1, 0.15) is 32.8 Å². The molecular formula is C18H25N3O2S. The topological polar surface area (TPSA) is 61.8 Å². The van der Waals surface area contributed by atoms with Gasteiger partial charge in [0.25, 0.3) is 0 Å². The van der Waals surface area contributed by atoms with Crippen LogP contribution < -0.4 is 5.32 Å². The maximum atomic E-state index is 12.6. The molecule has 1 aliphatic rings. The third-order valence-corrected chi connectivity index (χ3v) is 5.22. The van der Waals surface area contributed by atoms with Crippen LogP contribution in [-0.4, -0.2) is 46.3 Å². The van der Waals surface area contributed by atoms with Crippen LogP contribution in [0.25, 0.3) is 0 Å². The van der Waals surface area contributed by atoms with Gasteiger partial charge < -0.3 is 5.32 Å². The first-order valence-electron chi connectivity index (χ1n) is 8.19. The first-order valence-corrected chi connectivity index (χ1v) is 9.17. The molecule has 2 amide bonds. The van der Waals surface area contributed by atoms with Gasteiger partial charge in [0.15, 0.2) is 5.17 Å². The van der Waals surface area contributed by atoms with Gasteiger partial charge >= 0.3 is 0 Å². The third kappa shape index (κ3) is 5.09. The Hall–Kier alpha value is -1.82. The average molecular weight is 347 g/mol. The third-order valence-electron chi connectivity index (χ3n) is 3.80. The summed E-state index contributed by atoms with van der Waals surface area (Å²) in [5, 5.41) is 3.47. The first-order chi connectivity index (χ1) is 11.4. The fourth-order valence-corrected chi connectivity index (χ4v) is 3.84. The van der Waals surface area contributed by atoms with Crippen molar-refractivity contribution in [2.45, 2.75) is 39.2 Å². The number of carbonyl (C=O) groups is 2. The lowest BCUT2D eigenvalue weighted by atomic mass is 10.1. The van der Waals surface area contributed by atoms with Crippen LogP contribution in [0, 0.1) is 0 Å². The van der Waals surface area contributed by atoms with E-state index in [1.54, 1.807) is 16.7 Å². The maximum absolute atomic E-state index is 12.6. The molecule has 0 spiro atoms. The maximum Gasteiger partial charge on any atom is 0.230 e. The molecule has 0 saturated carbocycles. The molecule has 1 saturated heterocycles. The molecule has 130 valence electrons. The van der Waals surface area contributed by atoms with E-state index in [2.05, 4.69) is 36.3 Å². The first kappa shape index (κ1) is 18.5. The minimum Gasteiger partial charge on any atom is -0.356 e. The average Bonchev–Trinajstić information content (AvgIpc) is 2.83. The highest BCUT2D eigenvalue weighted by Crippen LogP contribution is 2.33. The fourth-order valence-electron chi connectivity index (χ4n) is 2.57. The lowest BCUT2D eigenvalue weighted by Crippen LogP contribution is -2.47. The normalized spacial score (nSPS) is 18.0. The zero-order valence-corrected chi connectivity index (χ0v) is 15.4. The van der Waals surface area contributed by atoms with Crippen LogP contribution in [0.3, 0.4) is 0 Å². The number of aliphatic imine (C=N–C) groups is 1. The van der Waals surface area contributed by atoms with E-state index < -0.39 is 0 Å². The fraction of sp³-hybridized carbons (Fsp3) is 0.500. The summed E-state index contributed by atoms with van der Waals surface area (Å²) >= 11 is 1.63. The SMILES string of the molecule is CC(=O)NCCC(=O)N1C(=NCCc2ccccc2)SCC1(C)C. The summed E-state index contributed by atoms with van der Waals surface area (Å²) in [5.41, 5.74) is 0.997. The Kier molecular flexibility index (Phi) is 6.43. The van der Waals surface area contributed by atoms with Crippen molar-refractivity contribution in [2.24, 2.45) is 4.99 Å². The Morgan fingerprint density at radius 2 is 2.00 bits per heavy atom. The quantitative estimate of drug-likeness (QED) is 0.860. The van der Waals surface area contributed by atoms with E-state index in [9.17, 15) is 9.59 Å². The number of nitrogens with zero attached hydrogens (tertiary/aromatic N) is 2. The summed E-state index contributed by atoms with van der Waals surface area (Å²) in [6, 6.07) is 10.2. The highest BCUT2D eigenvalue weighted by atomic mass is 32.2. The molecule has 1 fully saturated rings. The van der Waals surface area contributed by atoms with Crippen molar-refractivity contribution in [1.29, 1.82) is 0 Å². The summed E-state index contributed by atoms with van der Waals surface area (Å²) in [7, 11) is 0. The second-order valence-corrected chi connectivity index (χ2v) is 7.41. The molecule has 0 aromatic heterocycles. The molecule has 0 radical (unpaired) electrons. The zero-order valence-electron chi connectivity index (χ0n) is 14.5. The Morgan fingerprint density at radius 3 is 2.67 bits per heavy atom. The number of nitrogens with one attached hydrogen (secondary N) is 1. The predicted octanol–water partition coefficient (Wildman–Crippen LogP) is 2.47. The van der Waals surface area contributed by atoms with E-state index in [-0.39, 0.29) is 17.4 Å². The summed E-state index contributed by atoms with van der Waals surface area (Å²) in [6.07, 6.45) is 1.15. The van der Waals surface area contributed by atoms with E-state index in [1.807, 2.05) is 18.2 Å². The number of thioether (sulfide) groups is 1. The minimum absolute atomic E-state index is 0.0113. The molecule has 1 aromatic carbocycles. The number of hydrogen-bond acceptors (Lipinski definition) is 4. The molecule has 1 heterocycles. The Labute approximate surface area is 147 Å². The predicted molar refractivity (Wildman–Crippen MR) is 99.1 cm³/mol. The number of amidine groups is 1. The van der Waals surface area contributed by atoms with Gasteiger partial charge in [-0.05, 0) is 25.8 Å². The van der Waals surface area contributed by atoms with Gasteiger partial charge in [0, 0.05) is 32.2 Å². The molecular weight excluding hydrogens is 322 g/mol. The van der Waals surface area contributed by atoms with E-state index in [4.69, 9.17) is 0 Å². The van der Waals surface area contributed by atoms with Crippen LogP contribution in [0.15, 0.2) is 35.3 Å². The number of benzene rings is 1. The van der Waals surface area contributed by atoms with Crippen molar-refractivity contribution in [3.05, 3.63) is 35.9 Å². The van der Waals surface area contributed by atoms with E-state index in [1.165, 1.54) is 12.5 Å². The monoisotopic (exact) mass is 347 g/mol. The molecule has 0 atom stereocenters. The van der Waals surface area contributed by atoms with Crippen molar-refractivity contribution in [1.82, 2.24) is 10.2 Å². The zero-order chi connectivity index (χ0) is 17.6. The van der Waals surface area contributed by atoms with Gasteiger partial charge in [-0.2, -0.15) is 0 Å². The second-order valence-electron chi connectivity index (χ2n) is 6.46. The molecule has 1 aliphatic heterocycles. The molecule has 1 aromatic rings. The Balaban J connectivity index is 1.98. The lowest BCUT2D eigenvalue weighted by molar-refractivity contribution is -0.130. The smallest absolute Gasteiger partial charge is 0.230 e. The van der Waals surface area contributed by atoms with Crippen molar-refractivity contribution >= 4 is 28.7 Å². The number of amides is 2. The summed E-state index contributed by atoms with van der Waals surface area (Å²) < 4.78 is 0. The molecule has 5 nitrogen and oxygen atoms in total. The Bertz CT molecular complexity index is 614. The van der Waals surface area contributed by atoms with Crippen LogP contribution in [-0.2, 0) is 16.0 Å². The second kappa shape index (κ2) is 8.33. The van der Waals surface area contributed by atoms with Gasteiger partial charge in [-0.25, -0.2) is 0 Å². The van der Waals surface area contributed by atoms with Gasteiger partial charge in [-0.1, -0.05) is 42.1 Å². The van der Waals surface area contributed by atoms with Crippen LogP contribution in [0.5, 0.6) is 0 Å². The number of hydrogen-bond donors (Lipinski definition) is 1. The molecule has 1 N–H and O–H groups in total. The van der Waals surface area contributed by atoms with Crippen LogP contribution in [0.4, 0.5) is 0 Å². The molecule has 0 aliphatic carbocycles. The molecule has 6 heteroatoms. The molecule has 0 unspecified atom stereocenters. The summed E-state index contributed by atoms with van der Waals surface area (Å²) in [4.78, 5) is 30.0. The standard InChI is InChI=1S/C18H25N3O2S/c1-14(22)19-12-10-16(23)21-17(24-13-18(21,2)3)20-11-9-15-7-5-4-6-8-15/h4-8H,9-13H2,1-3H3,(H,19,22). The molecule has 24 heavy (non-hydrogen) atoms. The lowest BCUT2D eigenvalue weighted by Gasteiger charge is -2.30. The van der Waals surface area contributed by atoms with Crippen LogP contribution >= 0.6 is 11.8 Å². The van der Waals surface area contributed by atoms with Gasteiger partial charge in [-0.15, -0.1) is 0 Å².